The van der Waals surface area contributed by atoms with E-state index in [4.69, 9.17) is 4.74 Å². The lowest BCUT2D eigenvalue weighted by molar-refractivity contribution is 0.0955. The van der Waals surface area contributed by atoms with E-state index < -0.39 is 23.0 Å². The molecule has 1 aromatic heterocycles. The van der Waals surface area contributed by atoms with Crippen LogP contribution in [0.1, 0.15) is 15.9 Å². The second-order valence-electron chi connectivity index (χ2n) is 5.60. The number of hydrogen-bond acceptors (Lipinski definition) is 6. The van der Waals surface area contributed by atoms with Crippen LogP contribution in [0.4, 0.5) is 0 Å². The number of methoxy groups -OCH3 is 1. The summed E-state index contributed by atoms with van der Waals surface area (Å²) in [6.45, 7) is 0. The molecular formula is C19H16N4O5. The Kier molecular flexibility index (Phi) is 5.35. The summed E-state index contributed by atoms with van der Waals surface area (Å²) < 4.78 is 5.99. The van der Waals surface area contributed by atoms with E-state index >= 15 is 0 Å². The molecule has 142 valence electrons. The quantitative estimate of drug-likeness (QED) is 0.450. The van der Waals surface area contributed by atoms with Gasteiger partial charge in [0.15, 0.2) is 0 Å². The molecule has 1 amide bonds. The predicted molar refractivity (Wildman–Crippen MR) is 102 cm³/mol. The Morgan fingerprint density at radius 3 is 2.64 bits per heavy atom. The van der Waals surface area contributed by atoms with Crippen LogP contribution in [0.15, 0.2) is 69.3 Å². The fourth-order valence-electron chi connectivity index (χ4n) is 2.45. The van der Waals surface area contributed by atoms with Crippen LogP contribution in [0.3, 0.4) is 0 Å². The molecule has 0 bridgehead atoms. The highest BCUT2D eigenvalue weighted by atomic mass is 16.5. The smallest absolute Gasteiger partial charge is 0.335 e. The highest BCUT2D eigenvalue weighted by Crippen LogP contribution is 2.19. The third-order valence-corrected chi connectivity index (χ3v) is 3.83. The zero-order valence-corrected chi connectivity index (χ0v) is 14.7. The van der Waals surface area contributed by atoms with Crippen molar-refractivity contribution >= 4 is 12.1 Å². The van der Waals surface area contributed by atoms with E-state index in [1.807, 2.05) is 0 Å². The molecule has 3 aromatic rings. The Hall–Kier alpha value is -4.14. The van der Waals surface area contributed by atoms with Crippen molar-refractivity contribution in [3.63, 3.8) is 0 Å². The number of aromatic amines is 1. The van der Waals surface area contributed by atoms with Crippen LogP contribution < -0.4 is 21.4 Å². The maximum Gasteiger partial charge on any atom is 0.335 e. The van der Waals surface area contributed by atoms with Crippen LogP contribution >= 0.6 is 0 Å². The largest absolute Gasteiger partial charge is 0.497 e. The van der Waals surface area contributed by atoms with Gasteiger partial charge in [-0.05, 0) is 24.3 Å². The van der Waals surface area contributed by atoms with Crippen molar-refractivity contribution in [2.75, 3.05) is 7.11 Å². The number of rotatable bonds is 5. The first-order chi connectivity index (χ1) is 13.5. The molecular weight excluding hydrogens is 364 g/mol. The highest BCUT2D eigenvalue weighted by molar-refractivity contribution is 5.94. The third-order valence-electron chi connectivity index (χ3n) is 3.83. The second-order valence-corrected chi connectivity index (χ2v) is 5.60. The monoisotopic (exact) mass is 380 g/mol. The summed E-state index contributed by atoms with van der Waals surface area (Å²) in [5.74, 6) is -0.658. The zero-order chi connectivity index (χ0) is 20.1. The van der Waals surface area contributed by atoms with Crippen LogP contribution in [-0.2, 0) is 0 Å². The van der Waals surface area contributed by atoms with E-state index in [-0.39, 0.29) is 11.3 Å². The van der Waals surface area contributed by atoms with Crippen LogP contribution in [0.25, 0.3) is 5.69 Å². The van der Waals surface area contributed by atoms with Gasteiger partial charge >= 0.3 is 5.69 Å². The minimum atomic E-state index is -0.848. The van der Waals surface area contributed by atoms with Gasteiger partial charge in [-0.1, -0.05) is 24.3 Å². The molecule has 0 aliphatic rings. The minimum absolute atomic E-state index is 0.279. The van der Waals surface area contributed by atoms with E-state index in [0.717, 1.165) is 10.8 Å². The van der Waals surface area contributed by atoms with Gasteiger partial charge in [0.1, 0.15) is 11.3 Å². The lowest BCUT2D eigenvalue weighted by atomic mass is 10.2. The summed E-state index contributed by atoms with van der Waals surface area (Å²) in [7, 11) is 1.46. The number of hydrogen-bond donors (Lipinski definition) is 3. The molecule has 0 fully saturated rings. The molecule has 0 aliphatic carbocycles. The molecule has 0 atom stereocenters. The van der Waals surface area contributed by atoms with Gasteiger partial charge in [0, 0.05) is 11.6 Å². The van der Waals surface area contributed by atoms with Crippen molar-refractivity contribution in [2.45, 2.75) is 0 Å². The van der Waals surface area contributed by atoms with Crippen molar-refractivity contribution < 1.29 is 14.6 Å². The number of hydrazone groups is 1. The Bertz CT molecular complexity index is 1150. The number of amides is 1. The first kappa shape index (κ1) is 18.6. The van der Waals surface area contributed by atoms with Crippen molar-refractivity contribution in [3.8, 4) is 17.3 Å². The van der Waals surface area contributed by atoms with Gasteiger partial charge in [0.25, 0.3) is 11.5 Å². The Labute approximate surface area is 158 Å². The first-order valence-corrected chi connectivity index (χ1v) is 8.12. The second kappa shape index (κ2) is 8.04. The molecule has 28 heavy (non-hydrogen) atoms. The number of aromatic hydroxyl groups is 1. The van der Waals surface area contributed by atoms with E-state index in [1.165, 1.54) is 13.2 Å². The first-order valence-electron chi connectivity index (χ1n) is 8.12. The van der Waals surface area contributed by atoms with Gasteiger partial charge < -0.3 is 9.84 Å². The van der Waals surface area contributed by atoms with Gasteiger partial charge in [-0.2, -0.15) is 5.10 Å². The van der Waals surface area contributed by atoms with E-state index in [0.29, 0.717) is 11.3 Å². The van der Waals surface area contributed by atoms with Gasteiger partial charge in [0.2, 0.25) is 5.88 Å². The van der Waals surface area contributed by atoms with Gasteiger partial charge in [-0.15, -0.1) is 0 Å². The van der Waals surface area contributed by atoms with E-state index in [2.05, 4.69) is 15.5 Å². The van der Waals surface area contributed by atoms with Gasteiger partial charge in [-0.3, -0.25) is 14.6 Å². The molecule has 0 spiro atoms. The summed E-state index contributed by atoms with van der Waals surface area (Å²) in [6.07, 6.45) is 0.963. The Morgan fingerprint density at radius 2 is 1.93 bits per heavy atom. The van der Waals surface area contributed by atoms with Crippen molar-refractivity contribution in [1.29, 1.82) is 0 Å². The van der Waals surface area contributed by atoms with E-state index in [9.17, 15) is 19.5 Å². The van der Waals surface area contributed by atoms with Crippen LogP contribution in [0.2, 0.25) is 0 Å². The number of H-pyrrole nitrogens is 1. The third kappa shape index (κ3) is 3.83. The fourth-order valence-corrected chi connectivity index (χ4v) is 2.45. The molecule has 0 saturated heterocycles. The molecule has 9 heteroatoms. The van der Waals surface area contributed by atoms with Crippen LogP contribution in [-0.4, -0.2) is 33.9 Å². The van der Waals surface area contributed by atoms with Crippen molar-refractivity contribution in [2.24, 2.45) is 5.10 Å². The molecule has 1 heterocycles. The average molecular weight is 380 g/mol. The van der Waals surface area contributed by atoms with Crippen LogP contribution in [0.5, 0.6) is 11.6 Å². The fraction of sp³-hybridized carbons (Fsp3) is 0.0526. The van der Waals surface area contributed by atoms with E-state index in [1.54, 1.807) is 48.5 Å². The van der Waals surface area contributed by atoms with Gasteiger partial charge in [-0.25, -0.2) is 14.8 Å². The number of carbonyl (C=O) groups excluding carboxylic acids is 1. The lowest BCUT2D eigenvalue weighted by Crippen LogP contribution is -2.31. The number of carbonyl (C=O) groups is 1. The van der Waals surface area contributed by atoms with Crippen LogP contribution in [0, 0.1) is 0 Å². The molecule has 3 rings (SSSR count). The summed E-state index contributed by atoms with van der Waals surface area (Å²) in [6, 6.07) is 14.7. The maximum atomic E-state index is 12.2. The van der Waals surface area contributed by atoms with Crippen molar-refractivity contribution in [1.82, 2.24) is 15.0 Å². The SMILES string of the molecule is COc1cccc(-n2c(O)c(C=NNC(=O)c3ccccc3)c(=O)[nH]c2=O)c1. The summed E-state index contributed by atoms with van der Waals surface area (Å²) in [5.41, 5.74) is 0.931. The number of nitrogens with one attached hydrogen (secondary N) is 2. The number of nitrogens with zero attached hydrogens (tertiary/aromatic N) is 2. The number of benzene rings is 2. The summed E-state index contributed by atoms with van der Waals surface area (Å²) >= 11 is 0. The zero-order valence-electron chi connectivity index (χ0n) is 14.7. The topological polar surface area (TPSA) is 126 Å². The molecule has 0 saturated carbocycles. The molecule has 3 N–H and O–H groups in total. The lowest BCUT2D eigenvalue weighted by Gasteiger charge is -2.10. The Balaban J connectivity index is 1.95. The molecule has 9 nitrogen and oxygen atoms in total. The Morgan fingerprint density at radius 1 is 1.18 bits per heavy atom. The summed E-state index contributed by atoms with van der Waals surface area (Å²) in [4.78, 5) is 38.3. The normalized spacial score (nSPS) is 10.8. The highest BCUT2D eigenvalue weighted by Gasteiger charge is 2.15. The number of ether oxygens (including phenoxy) is 1. The predicted octanol–water partition coefficient (Wildman–Crippen LogP) is 1.00. The average Bonchev–Trinajstić information content (AvgIpc) is 2.71. The molecule has 0 aliphatic heterocycles. The number of aromatic nitrogens is 2. The van der Waals surface area contributed by atoms with Gasteiger partial charge in [0.05, 0.1) is 19.0 Å². The minimum Gasteiger partial charge on any atom is -0.497 e. The van der Waals surface area contributed by atoms with Crippen molar-refractivity contribution in [3.05, 3.63) is 86.6 Å². The standard InChI is InChI=1S/C19H16N4O5/c1-28-14-9-5-8-13(10-14)23-18(26)15(17(25)21-19(23)27)11-20-22-16(24)12-6-3-2-4-7-12/h2-11,26H,1H3,(H,22,24)(H,21,25,27). The molecule has 0 radical (unpaired) electrons. The maximum absolute atomic E-state index is 12.2. The molecule has 2 aromatic carbocycles. The summed E-state index contributed by atoms with van der Waals surface area (Å²) in [5, 5.41) is 14.1. The molecule has 0 unspecified atom stereocenters.